The first kappa shape index (κ1) is 14.5. The zero-order valence-electron chi connectivity index (χ0n) is 11.9. The lowest BCUT2D eigenvalue weighted by Gasteiger charge is -2.26. The highest BCUT2D eigenvalue weighted by atomic mass is 35.5. The van der Waals surface area contributed by atoms with Crippen LogP contribution in [0.25, 0.3) is 0 Å². The van der Waals surface area contributed by atoms with Crippen LogP contribution in [-0.4, -0.2) is 28.0 Å². The van der Waals surface area contributed by atoms with Crippen LogP contribution in [0, 0.1) is 0 Å². The largest absolute Gasteiger partial charge is 0.347 e. The average Bonchev–Trinajstić information content (AvgIpc) is 3.02. The van der Waals surface area contributed by atoms with Gasteiger partial charge in [0.05, 0.1) is 6.04 Å². The predicted molar refractivity (Wildman–Crippen MR) is 87.3 cm³/mol. The average molecular weight is 324 g/mol. The van der Waals surface area contributed by atoms with E-state index < -0.39 is 0 Å². The zero-order chi connectivity index (χ0) is 14.7. The molecule has 7 heteroatoms. The summed E-state index contributed by atoms with van der Waals surface area (Å²) in [4.78, 5) is 15.1. The highest BCUT2D eigenvalue weighted by Gasteiger charge is 2.16. The lowest BCUT2D eigenvalue weighted by molar-refractivity contribution is 0.567. The van der Waals surface area contributed by atoms with Crippen LogP contribution in [0.15, 0.2) is 16.8 Å². The second kappa shape index (κ2) is 6.58. The van der Waals surface area contributed by atoms with Gasteiger partial charge in [-0.25, -0.2) is 0 Å². The Balaban J connectivity index is 1.77. The van der Waals surface area contributed by atoms with Gasteiger partial charge in [0.1, 0.15) is 0 Å². The number of thiophene rings is 1. The molecule has 0 aromatic carbocycles. The van der Waals surface area contributed by atoms with Crippen LogP contribution in [0.3, 0.4) is 0 Å². The molecule has 0 spiro atoms. The molecule has 1 aliphatic heterocycles. The fraction of sp³-hybridized carbons (Fsp3) is 0.500. The number of halogens is 1. The summed E-state index contributed by atoms with van der Waals surface area (Å²) in [5.41, 5.74) is 1.22. The maximum atomic E-state index is 6.05. The molecule has 1 N–H and O–H groups in total. The Labute approximate surface area is 133 Å². The van der Waals surface area contributed by atoms with Gasteiger partial charge in [0.15, 0.2) is 0 Å². The third-order valence-electron chi connectivity index (χ3n) is 3.62. The molecule has 0 bridgehead atoms. The van der Waals surface area contributed by atoms with Gasteiger partial charge in [-0.3, -0.25) is 0 Å². The molecule has 0 amide bonds. The van der Waals surface area contributed by atoms with Crippen molar-refractivity contribution < 1.29 is 0 Å². The molecule has 1 fully saturated rings. The van der Waals surface area contributed by atoms with Gasteiger partial charge in [-0.2, -0.15) is 26.3 Å². The van der Waals surface area contributed by atoms with Gasteiger partial charge in [0.2, 0.25) is 17.2 Å². The van der Waals surface area contributed by atoms with Crippen molar-refractivity contribution in [3.8, 4) is 0 Å². The Morgan fingerprint density at radius 3 is 2.76 bits per heavy atom. The van der Waals surface area contributed by atoms with E-state index >= 15 is 0 Å². The Kier molecular flexibility index (Phi) is 4.55. The molecule has 21 heavy (non-hydrogen) atoms. The normalized spacial score (nSPS) is 16.8. The van der Waals surface area contributed by atoms with E-state index in [0.717, 1.165) is 13.1 Å². The van der Waals surface area contributed by atoms with Crippen molar-refractivity contribution in [2.75, 3.05) is 23.3 Å². The topological polar surface area (TPSA) is 53.9 Å². The van der Waals surface area contributed by atoms with E-state index in [-0.39, 0.29) is 11.3 Å². The van der Waals surface area contributed by atoms with Crippen molar-refractivity contribution in [2.45, 2.75) is 32.2 Å². The first-order valence-corrected chi connectivity index (χ1v) is 8.49. The first-order chi connectivity index (χ1) is 10.2. The number of anilines is 2. The zero-order valence-corrected chi connectivity index (χ0v) is 13.5. The van der Waals surface area contributed by atoms with Crippen LogP contribution in [-0.2, 0) is 0 Å². The first-order valence-electron chi connectivity index (χ1n) is 7.17. The van der Waals surface area contributed by atoms with Crippen LogP contribution in [0.1, 0.15) is 37.8 Å². The van der Waals surface area contributed by atoms with E-state index in [1.54, 1.807) is 11.3 Å². The number of piperidine rings is 1. The quantitative estimate of drug-likeness (QED) is 0.928. The Morgan fingerprint density at radius 1 is 1.24 bits per heavy atom. The molecule has 5 nitrogen and oxygen atoms in total. The van der Waals surface area contributed by atoms with Crippen LogP contribution in [0.5, 0.6) is 0 Å². The van der Waals surface area contributed by atoms with Crippen molar-refractivity contribution in [3.05, 3.63) is 27.7 Å². The lowest BCUT2D eigenvalue weighted by Crippen LogP contribution is -2.31. The Morgan fingerprint density at radius 2 is 2.05 bits per heavy atom. The monoisotopic (exact) mass is 323 g/mol. The number of nitrogens with one attached hydrogen (secondary N) is 1. The summed E-state index contributed by atoms with van der Waals surface area (Å²) in [6.45, 7) is 4.06. The number of nitrogens with zero attached hydrogens (tertiary/aromatic N) is 4. The molecular weight excluding hydrogens is 306 g/mol. The maximum Gasteiger partial charge on any atom is 0.231 e. The molecule has 1 aliphatic rings. The van der Waals surface area contributed by atoms with Gasteiger partial charge >= 0.3 is 0 Å². The Bertz CT molecular complexity index is 583. The van der Waals surface area contributed by atoms with Crippen LogP contribution in [0.4, 0.5) is 11.9 Å². The molecule has 1 saturated heterocycles. The highest BCUT2D eigenvalue weighted by Crippen LogP contribution is 2.22. The molecule has 0 aliphatic carbocycles. The molecule has 112 valence electrons. The molecule has 3 heterocycles. The van der Waals surface area contributed by atoms with Gasteiger partial charge < -0.3 is 10.2 Å². The van der Waals surface area contributed by atoms with Crippen LogP contribution >= 0.6 is 22.9 Å². The van der Waals surface area contributed by atoms with E-state index in [2.05, 4.69) is 48.9 Å². The summed E-state index contributed by atoms with van der Waals surface area (Å²) in [6.07, 6.45) is 3.63. The van der Waals surface area contributed by atoms with E-state index in [1.807, 2.05) is 0 Å². The van der Waals surface area contributed by atoms with Gasteiger partial charge in [0.25, 0.3) is 0 Å². The fourth-order valence-electron chi connectivity index (χ4n) is 2.44. The summed E-state index contributed by atoms with van der Waals surface area (Å²) in [5, 5.41) is 7.72. The van der Waals surface area contributed by atoms with Gasteiger partial charge in [-0.05, 0) is 60.2 Å². The summed E-state index contributed by atoms with van der Waals surface area (Å²) < 4.78 is 0. The molecule has 0 radical (unpaired) electrons. The van der Waals surface area contributed by atoms with E-state index in [1.165, 1.54) is 24.8 Å². The van der Waals surface area contributed by atoms with Crippen LogP contribution < -0.4 is 10.2 Å². The number of hydrogen-bond acceptors (Lipinski definition) is 6. The van der Waals surface area contributed by atoms with Gasteiger partial charge in [-0.15, -0.1) is 0 Å². The van der Waals surface area contributed by atoms with E-state index in [9.17, 15) is 0 Å². The second-order valence-electron chi connectivity index (χ2n) is 5.20. The highest BCUT2D eigenvalue weighted by molar-refractivity contribution is 7.07. The molecule has 3 rings (SSSR count). The standard InChI is InChI=1S/C14H18ClN5S/c1-10(11-5-8-21-9-11)16-13-17-12(15)18-14(19-13)20-6-3-2-4-7-20/h5,8-10H,2-4,6-7H2,1H3,(H,16,17,18,19). The van der Waals surface area contributed by atoms with Gasteiger partial charge in [0, 0.05) is 13.1 Å². The molecule has 0 saturated carbocycles. The van der Waals surface area contributed by atoms with Crippen LogP contribution in [0.2, 0.25) is 5.28 Å². The fourth-order valence-corrected chi connectivity index (χ4v) is 3.35. The number of aromatic nitrogens is 3. The summed E-state index contributed by atoms with van der Waals surface area (Å²) in [6, 6.07) is 2.24. The minimum Gasteiger partial charge on any atom is -0.347 e. The maximum absolute atomic E-state index is 6.05. The lowest BCUT2D eigenvalue weighted by atomic mass is 10.1. The third-order valence-corrected chi connectivity index (χ3v) is 4.49. The van der Waals surface area contributed by atoms with Gasteiger partial charge in [-0.1, -0.05) is 0 Å². The van der Waals surface area contributed by atoms with Crippen molar-refractivity contribution in [2.24, 2.45) is 0 Å². The number of hydrogen-bond donors (Lipinski definition) is 1. The second-order valence-corrected chi connectivity index (χ2v) is 6.32. The van der Waals surface area contributed by atoms with Crippen molar-refractivity contribution in [1.82, 2.24) is 15.0 Å². The van der Waals surface area contributed by atoms with Crippen molar-refractivity contribution >= 4 is 34.8 Å². The minimum atomic E-state index is 0.143. The summed E-state index contributed by atoms with van der Waals surface area (Å²) in [7, 11) is 0. The Hall–Kier alpha value is -1.40. The molecule has 1 unspecified atom stereocenters. The molecule has 1 atom stereocenters. The van der Waals surface area contributed by atoms with Crippen molar-refractivity contribution in [1.29, 1.82) is 0 Å². The predicted octanol–water partition coefficient (Wildman–Crippen LogP) is 3.75. The van der Waals surface area contributed by atoms with E-state index in [4.69, 9.17) is 11.6 Å². The smallest absolute Gasteiger partial charge is 0.231 e. The van der Waals surface area contributed by atoms with Crippen molar-refractivity contribution in [3.63, 3.8) is 0 Å². The third kappa shape index (κ3) is 3.63. The molecule has 2 aromatic rings. The molecular formula is C14H18ClN5S. The summed E-state index contributed by atoms with van der Waals surface area (Å²) >= 11 is 7.73. The van der Waals surface area contributed by atoms with E-state index in [0.29, 0.717) is 11.9 Å². The summed E-state index contributed by atoms with van der Waals surface area (Å²) in [5.74, 6) is 1.21. The molecule has 2 aromatic heterocycles. The minimum absolute atomic E-state index is 0.143. The SMILES string of the molecule is CC(Nc1nc(Cl)nc(N2CCCCC2)n1)c1ccsc1. The number of rotatable bonds is 4.